The first-order valence-corrected chi connectivity index (χ1v) is 5.35. The van der Waals surface area contributed by atoms with Crippen LogP contribution in [-0.2, 0) is 5.54 Å². The molecular formula is C12H17NO3. The van der Waals surface area contributed by atoms with Crippen LogP contribution in [0.15, 0.2) is 12.1 Å². The normalized spacial score (nSPS) is 17.7. The van der Waals surface area contributed by atoms with Crippen molar-refractivity contribution in [2.24, 2.45) is 5.73 Å². The Morgan fingerprint density at radius 1 is 1.25 bits per heavy atom. The SMILES string of the molecule is COc1cc(C2(N)CCC2)cc(O)c1OC. The molecule has 1 aromatic rings. The van der Waals surface area contributed by atoms with Crippen LogP contribution in [0.5, 0.6) is 17.2 Å². The van der Waals surface area contributed by atoms with Gasteiger partial charge in [-0.3, -0.25) is 0 Å². The van der Waals surface area contributed by atoms with Crippen molar-refractivity contribution in [3.8, 4) is 17.2 Å². The Hall–Kier alpha value is -1.42. The predicted molar refractivity (Wildman–Crippen MR) is 60.9 cm³/mol. The highest BCUT2D eigenvalue weighted by atomic mass is 16.5. The Morgan fingerprint density at radius 3 is 2.38 bits per heavy atom. The van der Waals surface area contributed by atoms with Crippen LogP contribution in [0.1, 0.15) is 24.8 Å². The number of ether oxygens (including phenoxy) is 2. The minimum atomic E-state index is -0.309. The summed E-state index contributed by atoms with van der Waals surface area (Å²) in [5.74, 6) is 0.956. The maximum atomic E-state index is 9.83. The molecule has 0 amide bonds. The second-order valence-electron chi connectivity index (χ2n) is 4.24. The zero-order chi connectivity index (χ0) is 11.8. The number of hydrogen-bond donors (Lipinski definition) is 2. The van der Waals surface area contributed by atoms with E-state index in [9.17, 15) is 5.11 Å². The number of phenols is 1. The number of phenolic OH excluding ortho intramolecular Hbond substituents is 1. The Balaban J connectivity index is 2.45. The molecule has 0 saturated heterocycles. The summed E-state index contributed by atoms with van der Waals surface area (Å²) in [6.45, 7) is 0. The van der Waals surface area contributed by atoms with Crippen molar-refractivity contribution < 1.29 is 14.6 Å². The maximum absolute atomic E-state index is 9.83. The van der Waals surface area contributed by atoms with Crippen molar-refractivity contribution >= 4 is 0 Å². The molecule has 0 bridgehead atoms. The average molecular weight is 223 g/mol. The highest BCUT2D eigenvalue weighted by Gasteiger charge is 2.35. The fraction of sp³-hybridized carbons (Fsp3) is 0.500. The van der Waals surface area contributed by atoms with E-state index in [1.54, 1.807) is 13.2 Å². The van der Waals surface area contributed by atoms with Crippen LogP contribution in [0.2, 0.25) is 0 Å². The number of benzene rings is 1. The van der Waals surface area contributed by atoms with Gasteiger partial charge in [0.25, 0.3) is 0 Å². The number of methoxy groups -OCH3 is 2. The van der Waals surface area contributed by atoms with Crippen LogP contribution in [0.3, 0.4) is 0 Å². The van der Waals surface area contributed by atoms with Crippen molar-refractivity contribution in [2.75, 3.05) is 14.2 Å². The molecule has 0 unspecified atom stereocenters. The molecule has 0 aromatic heterocycles. The number of hydrogen-bond acceptors (Lipinski definition) is 4. The van der Waals surface area contributed by atoms with Crippen molar-refractivity contribution in [1.82, 2.24) is 0 Å². The van der Waals surface area contributed by atoms with Gasteiger partial charge in [-0.2, -0.15) is 0 Å². The van der Waals surface area contributed by atoms with E-state index in [2.05, 4.69) is 0 Å². The van der Waals surface area contributed by atoms with Crippen molar-refractivity contribution in [3.05, 3.63) is 17.7 Å². The van der Waals surface area contributed by atoms with Gasteiger partial charge in [-0.1, -0.05) is 0 Å². The Bertz CT molecular complexity index is 399. The van der Waals surface area contributed by atoms with E-state index in [0.29, 0.717) is 11.5 Å². The molecule has 1 aliphatic rings. The molecule has 1 aliphatic carbocycles. The molecule has 88 valence electrons. The summed E-state index contributed by atoms with van der Waals surface area (Å²) in [6, 6.07) is 3.51. The molecule has 3 N–H and O–H groups in total. The number of rotatable bonds is 3. The number of nitrogens with two attached hydrogens (primary N) is 1. The molecule has 0 heterocycles. The largest absolute Gasteiger partial charge is 0.504 e. The van der Waals surface area contributed by atoms with E-state index < -0.39 is 0 Å². The summed E-state index contributed by atoms with van der Waals surface area (Å²) in [4.78, 5) is 0. The average Bonchev–Trinajstić information content (AvgIpc) is 2.24. The molecular weight excluding hydrogens is 206 g/mol. The molecule has 0 aliphatic heterocycles. The molecule has 0 spiro atoms. The smallest absolute Gasteiger partial charge is 0.203 e. The lowest BCUT2D eigenvalue weighted by Gasteiger charge is -2.38. The van der Waals surface area contributed by atoms with Crippen molar-refractivity contribution in [1.29, 1.82) is 0 Å². The summed E-state index contributed by atoms with van der Waals surface area (Å²) in [5.41, 5.74) is 6.80. The van der Waals surface area contributed by atoms with Gasteiger partial charge in [0.05, 0.1) is 14.2 Å². The van der Waals surface area contributed by atoms with Crippen LogP contribution in [-0.4, -0.2) is 19.3 Å². The second-order valence-corrected chi connectivity index (χ2v) is 4.24. The van der Waals surface area contributed by atoms with Crippen LogP contribution < -0.4 is 15.2 Å². The van der Waals surface area contributed by atoms with E-state index in [1.165, 1.54) is 7.11 Å². The molecule has 4 nitrogen and oxygen atoms in total. The van der Waals surface area contributed by atoms with E-state index in [0.717, 1.165) is 24.8 Å². The zero-order valence-corrected chi connectivity index (χ0v) is 9.62. The molecule has 1 aromatic carbocycles. The van der Waals surface area contributed by atoms with Crippen molar-refractivity contribution in [2.45, 2.75) is 24.8 Å². The molecule has 1 fully saturated rings. The van der Waals surface area contributed by atoms with Gasteiger partial charge in [0.2, 0.25) is 5.75 Å². The fourth-order valence-corrected chi connectivity index (χ4v) is 2.08. The minimum Gasteiger partial charge on any atom is -0.504 e. The third kappa shape index (κ3) is 1.59. The Labute approximate surface area is 95.0 Å². The highest BCUT2D eigenvalue weighted by Crippen LogP contribution is 2.45. The topological polar surface area (TPSA) is 64.7 Å². The van der Waals surface area contributed by atoms with Crippen LogP contribution in [0.25, 0.3) is 0 Å². The molecule has 0 radical (unpaired) electrons. The minimum absolute atomic E-state index is 0.0774. The van der Waals surface area contributed by atoms with E-state index in [4.69, 9.17) is 15.2 Å². The lowest BCUT2D eigenvalue weighted by atomic mass is 9.72. The van der Waals surface area contributed by atoms with E-state index >= 15 is 0 Å². The fourth-order valence-electron chi connectivity index (χ4n) is 2.08. The van der Waals surface area contributed by atoms with Crippen LogP contribution >= 0.6 is 0 Å². The molecule has 4 heteroatoms. The van der Waals surface area contributed by atoms with Gasteiger partial charge >= 0.3 is 0 Å². The lowest BCUT2D eigenvalue weighted by Crippen LogP contribution is -2.43. The first-order valence-electron chi connectivity index (χ1n) is 5.35. The highest BCUT2D eigenvalue weighted by molar-refractivity contribution is 5.54. The van der Waals surface area contributed by atoms with Gasteiger partial charge in [-0.15, -0.1) is 0 Å². The van der Waals surface area contributed by atoms with Gasteiger partial charge in [0.15, 0.2) is 11.5 Å². The summed E-state index contributed by atoms with van der Waals surface area (Å²) in [7, 11) is 3.05. The Kier molecular flexibility index (Phi) is 2.68. The van der Waals surface area contributed by atoms with E-state index in [-0.39, 0.29) is 11.3 Å². The van der Waals surface area contributed by atoms with E-state index in [1.807, 2.05) is 6.07 Å². The van der Waals surface area contributed by atoms with Crippen LogP contribution in [0, 0.1) is 0 Å². The zero-order valence-electron chi connectivity index (χ0n) is 9.62. The molecule has 16 heavy (non-hydrogen) atoms. The third-order valence-corrected chi connectivity index (χ3v) is 3.28. The quantitative estimate of drug-likeness (QED) is 0.819. The molecule has 1 saturated carbocycles. The van der Waals surface area contributed by atoms with Gasteiger partial charge in [0.1, 0.15) is 0 Å². The van der Waals surface area contributed by atoms with Gasteiger partial charge in [-0.05, 0) is 37.0 Å². The van der Waals surface area contributed by atoms with Crippen LogP contribution in [0.4, 0.5) is 0 Å². The summed E-state index contributed by atoms with van der Waals surface area (Å²) < 4.78 is 10.3. The third-order valence-electron chi connectivity index (χ3n) is 3.28. The second kappa shape index (κ2) is 3.87. The molecule has 0 atom stereocenters. The Morgan fingerprint density at radius 2 is 1.94 bits per heavy atom. The monoisotopic (exact) mass is 223 g/mol. The van der Waals surface area contributed by atoms with Gasteiger partial charge in [-0.25, -0.2) is 0 Å². The summed E-state index contributed by atoms with van der Waals surface area (Å²) >= 11 is 0. The first kappa shape index (κ1) is 11.1. The van der Waals surface area contributed by atoms with Gasteiger partial charge < -0.3 is 20.3 Å². The summed E-state index contributed by atoms with van der Waals surface area (Å²) in [6.07, 6.45) is 3.02. The lowest BCUT2D eigenvalue weighted by molar-refractivity contribution is 0.250. The number of aromatic hydroxyl groups is 1. The maximum Gasteiger partial charge on any atom is 0.203 e. The van der Waals surface area contributed by atoms with Crippen molar-refractivity contribution in [3.63, 3.8) is 0 Å². The molecule has 2 rings (SSSR count). The van der Waals surface area contributed by atoms with Gasteiger partial charge in [0, 0.05) is 5.54 Å². The first-order chi connectivity index (χ1) is 7.60. The standard InChI is InChI=1S/C12H17NO3/c1-15-10-7-8(12(13)4-3-5-12)6-9(14)11(10)16-2/h6-7,14H,3-5,13H2,1-2H3. The predicted octanol–water partition coefficient (Wildman–Crippen LogP) is 1.75. The summed E-state index contributed by atoms with van der Waals surface area (Å²) in [5, 5.41) is 9.83.